The van der Waals surface area contributed by atoms with Gasteiger partial charge in [-0.05, 0) is 48.0 Å². The van der Waals surface area contributed by atoms with Gasteiger partial charge in [-0.3, -0.25) is 4.79 Å². The maximum atomic E-state index is 13.3. The topological polar surface area (TPSA) is 69.6 Å². The number of rotatable bonds is 4. The van der Waals surface area contributed by atoms with Gasteiger partial charge < -0.3 is 9.15 Å². The molecule has 8 heteroatoms. The summed E-state index contributed by atoms with van der Waals surface area (Å²) in [5, 5.41) is 6.45. The van der Waals surface area contributed by atoms with Crippen molar-refractivity contribution in [3.05, 3.63) is 92.7 Å². The van der Waals surface area contributed by atoms with Crippen LogP contribution in [0.5, 0.6) is 5.75 Å². The second-order valence-corrected chi connectivity index (χ2v) is 7.78. The predicted octanol–water partition coefficient (Wildman–Crippen LogP) is 6.01. The largest absolute Gasteiger partial charge is 0.496 e. The van der Waals surface area contributed by atoms with Crippen molar-refractivity contribution in [2.45, 2.75) is 0 Å². The number of benzene rings is 3. The molecular formula is C24H15Cl2N3O3. The van der Waals surface area contributed by atoms with Gasteiger partial charge in [-0.1, -0.05) is 47.5 Å². The molecule has 0 aliphatic carbocycles. The Balaban J connectivity index is 1.74. The quantitative estimate of drug-likeness (QED) is 0.306. The number of nitrogens with zero attached hydrogens (tertiary/aromatic N) is 3. The first-order valence-electron chi connectivity index (χ1n) is 9.63. The zero-order valence-electron chi connectivity index (χ0n) is 16.8. The molecule has 0 aliphatic heterocycles. The van der Waals surface area contributed by atoms with Gasteiger partial charge in [0.25, 0.3) is 5.56 Å². The first kappa shape index (κ1) is 20.3. The van der Waals surface area contributed by atoms with Crippen molar-refractivity contribution in [1.29, 1.82) is 0 Å². The number of hydrogen-bond acceptors (Lipinski definition) is 5. The Morgan fingerprint density at radius 3 is 2.66 bits per heavy atom. The monoisotopic (exact) mass is 463 g/mol. The molecule has 6 nitrogen and oxygen atoms in total. The SMILES string of the molecule is COc1cccc2oc(-c3nc4ccccc4c(=O)n3N=Cc3ccc(Cl)c(Cl)c3)cc12. The van der Waals surface area contributed by atoms with Gasteiger partial charge in [-0.2, -0.15) is 9.78 Å². The van der Waals surface area contributed by atoms with Gasteiger partial charge in [-0.25, -0.2) is 4.98 Å². The predicted molar refractivity (Wildman–Crippen MR) is 127 cm³/mol. The Hall–Kier alpha value is -3.61. The lowest BCUT2D eigenvalue weighted by Gasteiger charge is -2.07. The van der Waals surface area contributed by atoms with E-state index in [0.29, 0.717) is 43.6 Å². The van der Waals surface area contributed by atoms with Crippen molar-refractivity contribution >= 4 is 51.3 Å². The van der Waals surface area contributed by atoms with Crippen molar-refractivity contribution in [3.63, 3.8) is 0 Å². The molecule has 0 saturated heterocycles. The van der Waals surface area contributed by atoms with Crippen LogP contribution in [0.4, 0.5) is 0 Å². The van der Waals surface area contributed by atoms with E-state index in [9.17, 15) is 4.79 Å². The molecular weight excluding hydrogens is 449 g/mol. The Kier molecular flexibility index (Phi) is 5.17. The third kappa shape index (κ3) is 3.53. The molecule has 0 unspecified atom stereocenters. The van der Waals surface area contributed by atoms with Crippen LogP contribution in [-0.2, 0) is 0 Å². The molecule has 0 saturated carbocycles. The molecule has 32 heavy (non-hydrogen) atoms. The van der Waals surface area contributed by atoms with Crippen molar-refractivity contribution in [1.82, 2.24) is 9.66 Å². The van der Waals surface area contributed by atoms with Gasteiger partial charge in [-0.15, -0.1) is 0 Å². The highest BCUT2D eigenvalue weighted by Gasteiger charge is 2.17. The molecule has 0 amide bonds. The van der Waals surface area contributed by atoms with Crippen LogP contribution in [0.25, 0.3) is 33.5 Å². The fourth-order valence-corrected chi connectivity index (χ4v) is 3.74. The lowest BCUT2D eigenvalue weighted by molar-refractivity contribution is 0.419. The van der Waals surface area contributed by atoms with E-state index in [1.54, 1.807) is 49.6 Å². The van der Waals surface area contributed by atoms with Crippen LogP contribution in [0.2, 0.25) is 10.0 Å². The Bertz CT molecular complexity index is 1570. The zero-order valence-corrected chi connectivity index (χ0v) is 18.3. The molecule has 0 radical (unpaired) electrons. The Morgan fingerprint density at radius 2 is 1.84 bits per heavy atom. The van der Waals surface area contributed by atoms with Crippen LogP contribution < -0.4 is 10.3 Å². The summed E-state index contributed by atoms with van der Waals surface area (Å²) in [5.41, 5.74) is 1.51. The van der Waals surface area contributed by atoms with Gasteiger partial charge >= 0.3 is 0 Å². The normalized spacial score (nSPS) is 11.6. The van der Waals surface area contributed by atoms with Crippen LogP contribution in [0.1, 0.15) is 5.56 Å². The fourth-order valence-electron chi connectivity index (χ4n) is 3.43. The number of methoxy groups -OCH3 is 1. The summed E-state index contributed by atoms with van der Waals surface area (Å²) in [6, 6.07) is 19.5. The number of ether oxygens (including phenoxy) is 1. The average molecular weight is 464 g/mol. The minimum Gasteiger partial charge on any atom is -0.496 e. The highest BCUT2D eigenvalue weighted by Crippen LogP contribution is 2.33. The third-order valence-corrected chi connectivity index (χ3v) is 5.72. The van der Waals surface area contributed by atoms with Crippen LogP contribution >= 0.6 is 23.2 Å². The van der Waals surface area contributed by atoms with Crippen LogP contribution in [-0.4, -0.2) is 23.0 Å². The molecule has 158 valence electrons. The lowest BCUT2D eigenvalue weighted by atomic mass is 10.2. The molecule has 3 aromatic carbocycles. The molecule has 2 heterocycles. The molecule has 0 fully saturated rings. The Labute approximate surface area is 192 Å². The number of para-hydroxylation sites is 1. The molecule has 0 atom stereocenters. The van der Waals surface area contributed by atoms with Gasteiger partial charge in [0.2, 0.25) is 5.82 Å². The smallest absolute Gasteiger partial charge is 0.282 e. The molecule has 0 aliphatic rings. The highest BCUT2D eigenvalue weighted by molar-refractivity contribution is 6.42. The van der Waals surface area contributed by atoms with E-state index < -0.39 is 0 Å². The first-order valence-corrected chi connectivity index (χ1v) is 10.4. The standard InChI is InChI=1S/C24H15Cl2N3O3/c1-31-20-7-4-8-21-16(20)12-22(32-21)23-28-19-6-3-2-5-15(19)24(30)29(23)27-13-14-9-10-17(25)18(26)11-14/h2-13H,1H3. The summed E-state index contributed by atoms with van der Waals surface area (Å²) >= 11 is 12.1. The number of halogens is 2. The number of hydrogen-bond donors (Lipinski definition) is 0. The molecule has 5 aromatic rings. The van der Waals surface area contributed by atoms with Crippen molar-refractivity contribution in [2.24, 2.45) is 5.10 Å². The number of fused-ring (bicyclic) bond motifs is 2. The van der Waals surface area contributed by atoms with Gasteiger partial charge in [0.1, 0.15) is 11.3 Å². The highest BCUT2D eigenvalue weighted by atomic mass is 35.5. The van der Waals surface area contributed by atoms with E-state index >= 15 is 0 Å². The summed E-state index contributed by atoms with van der Waals surface area (Å²) in [7, 11) is 1.59. The van der Waals surface area contributed by atoms with E-state index in [4.69, 9.17) is 32.4 Å². The second-order valence-electron chi connectivity index (χ2n) is 6.97. The van der Waals surface area contributed by atoms with Gasteiger partial charge in [0.05, 0.1) is 39.7 Å². The molecule has 5 rings (SSSR count). The van der Waals surface area contributed by atoms with E-state index in [1.807, 2.05) is 24.3 Å². The second kappa shape index (κ2) is 8.15. The minimum absolute atomic E-state index is 0.267. The minimum atomic E-state index is -0.325. The van der Waals surface area contributed by atoms with Crippen molar-refractivity contribution < 1.29 is 9.15 Å². The van der Waals surface area contributed by atoms with Crippen LogP contribution in [0.15, 0.2) is 81.0 Å². The van der Waals surface area contributed by atoms with Gasteiger partial charge in [0.15, 0.2) is 5.76 Å². The Morgan fingerprint density at radius 1 is 1.00 bits per heavy atom. The lowest BCUT2D eigenvalue weighted by Crippen LogP contribution is -2.20. The molecule has 2 aromatic heterocycles. The van der Waals surface area contributed by atoms with Gasteiger partial charge in [0, 0.05) is 0 Å². The molecule has 0 spiro atoms. The number of furan rings is 1. The first-order chi connectivity index (χ1) is 15.5. The van der Waals surface area contributed by atoms with Crippen LogP contribution in [0, 0.1) is 0 Å². The van der Waals surface area contributed by atoms with E-state index in [0.717, 1.165) is 5.39 Å². The third-order valence-electron chi connectivity index (χ3n) is 4.98. The van der Waals surface area contributed by atoms with Crippen molar-refractivity contribution in [2.75, 3.05) is 7.11 Å². The van der Waals surface area contributed by atoms with E-state index in [2.05, 4.69) is 10.1 Å². The van der Waals surface area contributed by atoms with Crippen LogP contribution in [0.3, 0.4) is 0 Å². The molecule has 0 bridgehead atoms. The summed E-state index contributed by atoms with van der Waals surface area (Å²) in [6.07, 6.45) is 1.52. The fraction of sp³-hybridized carbons (Fsp3) is 0.0417. The summed E-state index contributed by atoms with van der Waals surface area (Å²) < 4.78 is 12.7. The maximum Gasteiger partial charge on any atom is 0.282 e. The summed E-state index contributed by atoms with van der Waals surface area (Å²) in [6.45, 7) is 0. The summed E-state index contributed by atoms with van der Waals surface area (Å²) in [4.78, 5) is 18.0. The number of aromatic nitrogens is 2. The maximum absolute atomic E-state index is 13.3. The average Bonchev–Trinajstić information content (AvgIpc) is 3.25. The van der Waals surface area contributed by atoms with Crippen molar-refractivity contribution in [3.8, 4) is 17.3 Å². The zero-order chi connectivity index (χ0) is 22.2. The molecule has 0 N–H and O–H groups in total. The summed E-state index contributed by atoms with van der Waals surface area (Å²) in [5.74, 6) is 1.31. The van der Waals surface area contributed by atoms with E-state index in [-0.39, 0.29) is 11.4 Å². The van der Waals surface area contributed by atoms with E-state index in [1.165, 1.54) is 10.9 Å².